The second-order valence-electron chi connectivity index (χ2n) is 6.27. The molecular weight excluding hydrogens is 358 g/mol. The van der Waals surface area contributed by atoms with E-state index in [1.165, 1.54) is 27.6 Å². The Morgan fingerprint density at radius 2 is 1.85 bits per heavy atom. The second kappa shape index (κ2) is 9.23. The number of rotatable bonds is 8. The Balaban J connectivity index is 1.44. The summed E-state index contributed by atoms with van der Waals surface area (Å²) < 4.78 is 1.43. The highest BCUT2D eigenvalue weighted by atomic mass is 32.2. The van der Waals surface area contributed by atoms with Crippen LogP contribution in [0.15, 0.2) is 59.8 Å². The van der Waals surface area contributed by atoms with Crippen molar-refractivity contribution in [2.24, 2.45) is 0 Å². The van der Waals surface area contributed by atoms with Crippen LogP contribution >= 0.6 is 11.8 Å². The average molecular weight is 382 g/mol. The summed E-state index contributed by atoms with van der Waals surface area (Å²) in [5.74, 6) is 6.89. The Morgan fingerprint density at radius 1 is 1.11 bits per heavy atom. The number of hydrogen-bond acceptors (Lipinski definition) is 5. The minimum Gasteiger partial charge on any atom is -0.355 e. The number of hydrogen-bond donors (Lipinski definition) is 2. The van der Waals surface area contributed by atoms with E-state index in [1.54, 1.807) is 0 Å². The van der Waals surface area contributed by atoms with Crippen LogP contribution in [-0.2, 0) is 11.2 Å². The van der Waals surface area contributed by atoms with E-state index in [-0.39, 0.29) is 11.7 Å². The minimum atomic E-state index is -0.0343. The number of amides is 1. The molecule has 27 heavy (non-hydrogen) atoms. The molecule has 0 spiro atoms. The molecule has 0 saturated heterocycles. The second-order valence-corrected chi connectivity index (χ2v) is 7.21. The summed E-state index contributed by atoms with van der Waals surface area (Å²) in [5, 5.41) is 11.7. The normalized spacial score (nSPS) is 10.7. The lowest BCUT2D eigenvalue weighted by Gasteiger charge is -2.06. The lowest BCUT2D eigenvalue weighted by atomic mass is 10.1. The third-order valence-corrected chi connectivity index (χ3v) is 5.06. The fourth-order valence-electron chi connectivity index (χ4n) is 2.62. The number of aromatic nitrogens is 3. The maximum atomic E-state index is 12.0. The van der Waals surface area contributed by atoms with E-state index in [2.05, 4.69) is 27.6 Å². The van der Waals surface area contributed by atoms with Gasteiger partial charge >= 0.3 is 0 Å². The Bertz CT molecular complexity index is 877. The zero-order valence-electron chi connectivity index (χ0n) is 15.3. The molecule has 3 aromatic rings. The maximum Gasteiger partial charge on any atom is 0.230 e. The maximum absolute atomic E-state index is 12.0. The van der Waals surface area contributed by atoms with Gasteiger partial charge in [0.1, 0.15) is 0 Å². The van der Waals surface area contributed by atoms with Gasteiger partial charge in [-0.05, 0) is 25.3 Å². The van der Waals surface area contributed by atoms with Crippen LogP contribution < -0.4 is 11.2 Å². The molecule has 3 N–H and O–H groups in total. The molecule has 0 unspecified atom stereocenters. The highest BCUT2D eigenvalue weighted by Gasteiger charge is 2.13. The molecule has 1 heterocycles. The largest absolute Gasteiger partial charge is 0.355 e. The zero-order chi connectivity index (χ0) is 19.1. The Hall–Kier alpha value is -2.80. The number of benzene rings is 2. The molecule has 3 rings (SSSR count). The predicted molar refractivity (Wildman–Crippen MR) is 109 cm³/mol. The van der Waals surface area contributed by atoms with E-state index >= 15 is 0 Å². The average Bonchev–Trinajstić information content (AvgIpc) is 3.05. The van der Waals surface area contributed by atoms with Crippen molar-refractivity contribution in [1.82, 2.24) is 20.2 Å². The van der Waals surface area contributed by atoms with Gasteiger partial charge in [-0.2, -0.15) is 0 Å². The van der Waals surface area contributed by atoms with Crippen molar-refractivity contribution >= 4 is 17.7 Å². The van der Waals surface area contributed by atoms with Crippen molar-refractivity contribution in [1.29, 1.82) is 0 Å². The van der Waals surface area contributed by atoms with Gasteiger partial charge in [-0.1, -0.05) is 71.9 Å². The van der Waals surface area contributed by atoms with Gasteiger partial charge in [0.05, 0.1) is 5.75 Å². The number of aryl methyl sites for hydroxylation is 2. The van der Waals surface area contributed by atoms with E-state index in [0.29, 0.717) is 17.5 Å². The molecule has 0 fully saturated rings. The number of nitrogens with zero attached hydrogens (tertiary/aromatic N) is 3. The quantitative estimate of drug-likeness (QED) is 0.356. The van der Waals surface area contributed by atoms with Crippen molar-refractivity contribution in [2.45, 2.75) is 24.9 Å². The number of nitrogens with two attached hydrogens (primary N) is 1. The van der Waals surface area contributed by atoms with Gasteiger partial charge in [0.2, 0.25) is 11.1 Å². The van der Waals surface area contributed by atoms with Crippen molar-refractivity contribution in [2.75, 3.05) is 18.1 Å². The van der Waals surface area contributed by atoms with Crippen LogP contribution in [0, 0.1) is 6.92 Å². The molecule has 0 aliphatic carbocycles. The van der Waals surface area contributed by atoms with Gasteiger partial charge in [0.25, 0.3) is 0 Å². The summed E-state index contributed by atoms with van der Waals surface area (Å²) >= 11 is 1.28. The van der Waals surface area contributed by atoms with E-state index in [1.807, 2.05) is 49.4 Å². The molecular formula is C20H23N5OS. The van der Waals surface area contributed by atoms with Crippen LogP contribution in [0.2, 0.25) is 0 Å². The fourth-order valence-corrected chi connectivity index (χ4v) is 3.31. The summed E-state index contributed by atoms with van der Waals surface area (Å²) in [7, 11) is 0. The Labute approximate surface area is 163 Å². The van der Waals surface area contributed by atoms with Crippen LogP contribution in [0.3, 0.4) is 0 Å². The predicted octanol–water partition coefficient (Wildman–Crippen LogP) is 2.81. The van der Waals surface area contributed by atoms with Gasteiger partial charge in [0.15, 0.2) is 5.82 Å². The first kappa shape index (κ1) is 19.0. The van der Waals surface area contributed by atoms with Gasteiger partial charge in [-0.15, -0.1) is 10.2 Å². The molecule has 1 aromatic heterocycles. The Morgan fingerprint density at radius 3 is 2.59 bits per heavy atom. The van der Waals surface area contributed by atoms with Gasteiger partial charge in [-0.25, -0.2) is 4.68 Å². The molecule has 140 valence electrons. The molecule has 2 aromatic carbocycles. The van der Waals surface area contributed by atoms with Crippen LogP contribution in [0.25, 0.3) is 11.4 Å². The number of carbonyl (C=O) groups is 1. The molecule has 0 aliphatic heterocycles. The molecule has 0 bridgehead atoms. The number of carbonyl (C=O) groups excluding carboxylic acids is 1. The van der Waals surface area contributed by atoms with Crippen LogP contribution in [-0.4, -0.2) is 33.1 Å². The lowest BCUT2D eigenvalue weighted by Crippen LogP contribution is -2.26. The molecule has 1 amide bonds. The first-order valence-electron chi connectivity index (χ1n) is 8.84. The summed E-state index contributed by atoms with van der Waals surface area (Å²) in [6.07, 6.45) is 1.86. The monoisotopic (exact) mass is 381 g/mol. The zero-order valence-corrected chi connectivity index (χ0v) is 16.1. The molecule has 0 saturated carbocycles. The van der Waals surface area contributed by atoms with E-state index in [0.717, 1.165) is 18.4 Å². The van der Waals surface area contributed by atoms with Gasteiger partial charge in [-0.3, -0.25) is 4.79 Å². The minimum absolute atomic E-state index is 0.0343. The van der Waals surface area contributed by atoms with E-state index in [4.69, 9.17) is 5.84 Å². The van der Waals surface area contributed by atoms with Crippen LogP contribution in [0.4, 0.5) is 0 Å². The highest BCUT2D eigenvalue weighted by molar-refractivity contribution is 7.99. The topological polar surface area (TPSA) is 85.8 Å². The molecule has 6 nitrogen and oxygen atoms in total. The highest BCUT2D eigenvalue weighted by Crippen LogP contribution is 2.21. The lowest BCUT2D eigenvalue weighted by molar-refractivity contribution is -0.118. The van der Waals surface area contributed by atoms with Gasteiger partial charge < -0.3 is 11.2 Å². The van der Waals surface area contributed by atoms with Crippen molar-refractivity contribution in [3.63, 3.8) is 0 Å². The molecule has 7 heteroatoms. The smallest absolute Gasteiger partial charge is 0.230 e. The molecule has 0 aliphatic rings. The van der Waals surface area contributed by atoms with Crippen LogP contribution in [0.1, 0.15) is 17.5 Å². The van der Waals surface area contributed by atoms with Crippen LogP contribution in [0.5, 0.6) is 0 Å². The van der Waals surface area contributed by atoms with Crippen molar-refractivity contribution in [3.05, 3.63) is 65.7 Å². The third-order valence-electron chi connectivity index (χ3n) is 4.11. The fraction of sp³-hybridized carbons (Fsp3) is 0.250. The third kappa shape index (κ3) is 5.34. The van der Waals surface area contributed by atoms with Crippen molar-refractivity contribution < 1.29 is 4.79 Å². The first-order valence-corrected chi connectivity index (χ1v) is 9.83. The van der Waals surface area contributed by atoms with E-state index < -0.39 is 0 Å². The molecule has 0 radical (unpaired) electrons. The number of nitrogens with one attached hydrogen (secondary N) is 1. The number of nitrogen functional groups attached to an aromatic ring is 1. The number of thioether (sulfide) groups is 1. The summed E-state index contributed by atoms with van der Waals surface area (Å²) in [4.78, 5) is 12.0. The summed E-state index contributed by atoms with van der Waals surface area (Å²) in [5.41, 5.74) is 3.34. The van der Waals surface area contributed by atoms with Crippen molar-refractivity contribution in [3.8, 4) is 11.4 Å². The SMILES string of the molecule is Cc1ccc(-c2nnc(SCC(=O)NCCCc3ccccc3)n2N)cc1. The summed E-state index contributed by atoms with van der Waals surface area (Å²) in [6.45, 7) is 2.68. The van der Waals surface area contributed by atoms with Gasteiger partial charge in [0, 0.05) is 12.1 Å². The summed E-state index contributed by atoms with van der Waals surface area (Å²) in [6, 6.07) is 18.2. The molecule has 0 atom stereocenters. The van der Waals surface area contributed by atoms with E-state index in [9.17, 15) is 4.79 Å². The standard InChI is InChI=1S/C20H23N5OS/c1-15-9-11-17(12-10-15)19-23-24-20(25(19)21)27-14-18(26)22-13-5-8-16-6-3-2-4-7-16/h2-4,6-7,9-12H,5,8,13-14,21H2,1H3,(H,22,26). The Kier molecular flexibility index (Phi) is 6.49. The first-order chi connectivity index (χ1) is 13.1.